The van der Waals surface area contributed by atoms with Gasteiger partial charge in [-0.1, -0.05) is 17.4 Å². The van der Waals surface area contributed by atoms with Gasteiger partial charge >= 0.3 is 11.0 Å². The Balaban J connectivity index is 1.30. The second kappa shape index (κ2) is 7.13. The third-order valence-corrected chi connectivity index (χ3v) is 10.6. The van der Waals surface area contributed by atoms with Crippen molar-refractivity contribution in [2.75, 3.05) is 4.90 Å². The number of anilines is 1. The number of aromatic amines is 1. The fourth-order valence-corrected chi connectivity index (χ4v) is 9.75. The van der Waals surface area contributed by atoms with Crippen LogP contribution in [0.1, 0.15) is 28.5 Å². The lowest BCUT2D eigenvalue weighted by Gasteiger charge is -2.42. The van der Waals surface area contributed by atoms with Crippen molar-refractivity contribution in [2.45, 2.75) is 28.8 Å². The molecule has 2 saturated carbocycles. The Bertz CT molecular complexity index is 1430. The van der Waals surface area contributed by atoms with Crippen molar-refractivity contribution in [1.29, 1.82) is 0 Å². The molecule has 6 unspecified atom stereocenters. The van der Waals surface area contributed by atoms with E-state index in [1.807, 2.05) is 6.07 Å². The number of hydrogen-bond donors (Lipinski definition) is 1. The Kier molecular flexibility index (Phi) is 4.38. The van der Waals surface area contributed by atoms with Crippen molar-refractivity contribution in [3.63, 3.8) is 0 Å². The van der Waals surface area contributed by atoms with Crippen LogP contribution in [0.4, 0.5) is 18.9 Å². The molecular formula is C24H17F3N2O4S2. The number of benzene rings is 1. The van der Waals surface area contributed by atoms with E-state index in [9.17, 15) is 27.6 Å². The minimum absolute atomic E-state index is 0.00712. The molecule has 2 amide bonds. The number of H-pyrrole nitrogens is 1. The molecule has 1 aromatic carbocycles. The molecule has 2 aliphatic carbocycles. The fraction of sp³-hybridized carbons (Fsp3) is 0.375. The van der Waals surface area contributed by atoms with Gasteiger partial charge in [0.15, 0.2) is 0 Å². The Morgan fingerprint density at radius 2 is 1.80 bits per heavy atom. The Labute approximate surface area is 204 Å². The van der Waals surface area contributed by atoms with E-state index in [4.69, 9.17) is 4.42 Å². The summed E-state index contributed by atoms with van der Waals surface area (Å²) < 4.78 is 45.7. The van der Waals surface area contributed by atoms with Crippen molar-refractivity contribution in [3.8, 4) is 0 Å². The van der Waals surface area contributed by atoms with Crippen LogP contribution in [0.2, 0.25) is 0 Å². The number of thiazole rings is 1. The molecule has 1 saturated heterocycles. The molecule has 1 N–H and O–H groups in total. The number of furan rings is 1. The van der Waals surface area contributed by atoms with E-state index in [-0.39, 0.29) is 39.5 Å². The summed E-state index contributed by atoms with van der Waals surface area (Å²) in [6, 6.07) is 8.05. The molecular weight excluding hydrogens is 501 g/mol. The van der Waals surface area contributed by atoms with Crippen LogP contribution in [0.15, 0.2) is 56.9 Å². The van der Waals surface area contributed by atoms with Crippen molar-refractivity contribution in [3.05, 3.63) is 68.5 Å². The first-order valence-electron chi connectivity index (χ1n) is 11.2. The second-order valence-electron chi connectivity index (χ2n) is 9.54. The highest BCUT2D eigenvalue weighted by Crippen LogP contribution is 2.68. The first-order chi connectivity index (χ1) is 16.7. The molecule has 2 bridgehead atoms. The molecule has 7 rings (SSSR count). The smallest absolute Gasteiger partial charge is 0.416 e. The number of carbonyl (C=O) groups is 2. The van der Waals surface area contributed by atoms with Crippen LogP contribution in [-0.2, 0) is 15.8 Å². The molecule has 7 atom stereocenters. The van der Waals surface area contributed by atoms with E-state index in [2.05, 4.69) is 4.98 Å². The van der Waals surface area contributed by atoms with Gasteiger partial charge in [-0.3, -0.25) is 19.3 Å². The molecule has 2 aromatic heterocycles. The van der Waals surface area contributed by atoms with Crippen LogP contribution in [0.25, 0.3) is 0 Å². The van der Waals surface area contributed by atoms with Gasteiger partial charge in [0, 0.05) is 5.25 Å². The van der Waals surface area contributed by atoms with Crippen LogP contribution >= 0.6 is 23.1 Å². The number of alkyl halides is 3. The summed E-state index contributed by atoms with van der Waals surface area (Å²) in [4.78, 5) is 43.9. The zero-order valence-corrected chi connectivity index (χ0v) is 19.5. The minimum Gasteiger partial charge on any atom is -0.469 e. The zero-order valence-electron chi connectivity index (χ0n) is 17.8. The van der Waals surface area contributed by atoms with E-state index in [0.29, 0.717) is 12.2 Å². The predicted molar refractivity (Wildman–Crippen MR) is 121 cm³/mol. The molecule has 3 aromatic rings. The van der Waals surface area contributed by atoms with E-state index in [1.165, 1.54) is 12.1 Å². The number of hydrogen-bond acceptors (Lipinski definition) is 6. The van der Waals surface area contributed by atoms with Crippen molar-refractivity contribution in [1.82, 2.24) is 4.98 Å². The van der Waals surface area contributed by atoms with Gasteiger partial charge in [-0.2, -0.15) is 13.2 Å². The Hall–Kier alpha value is -2.79. The van der Waals surface area contributed by atoms with E-state index in [1.54, 1.807) is 24.1 Å². The molecule has 4 heterocycles. The molecule has 4 aliphatic rings. The van der Waals surface area contributed by atoms with Crippen molar-refractivity contribution in [2.24, 2.45) is 29.6 Å². The fourth-order valence-electron chi connectivity index (χ4n) is 6.88. The van der Waals surface area contributed by atoms with Crippen LogP contribution in [0.5, 0.6) is 0 Å². The topological polar surface area (TPSA) is 83.4 Å². The average Bonchev–Trinajstić information content (AvgIpc) is 3.61. The van der Waals surface area contributed by atoms with Crippen LogP contribution in [-0.4, -0.2) is 22.0 Å². The maximum absolute atomic E-state index is 13.6. The van der Waals surface area contributed by atoms with Gasteiger partial charge in [0.05, 0.1) is 45.2 Å². The Morgan fingerprint density at radius 1 is 1.03 bits per heavy atom. The molecule has 35 heavy (non-hydrogen) atoms. The molecule has 0 radical (unpaired) electrons. The third kappa shape index (κ3) is 2.88. The van der Waals surface area contributed by atoms with Gasteiger partial charge in [-0.05, 0) is 54.5 Å². The summed E-state index contributed by atoms with van der Waals surface area (Å²) in [7, 11) is 0. The molecule has 180 valence electrons. The first kappa shape index (κ1) is 21.5. The molecule has 3 fully saturated rings. The Morgan fingerprint density at radius 3 is 2.51 bits per heavy atom. The number of fused-ring (bicyclic) bond motifs is 9. The summed E-state index contributed by atoms with van der Waals surface area (Å²) in [6.45, 7) is 0. The number of rotatable bonds is 2. The SMILES string of the molecule is O=C1C2C3CC(C2C(=O)N1c1cccc(C(F)(F)F)c1)C1C3Sc2[nH]c(=O)sc2[C@@H]1c1ccco1. The maximum atomic E-state index is 13.6. The quantitative estimate of drug-likeness (QED) is 0.496. The molecule has 11 heteroatoms. The number of halogens is 3. The highest BCUT2D eigenvalue weighted by atomic mass is 32.2. The largest absolute Gasteiger partial charge is 0.469 e. The number of aromatic nitrogens is 1. The van der Waals surface area contributed by atoms with Crippen LogP contribution in [0, 0.1) is 29.6 Å². The number of nitrogens with one attached hydrogen (secondary N) is 1. The third-order valence-electron chi connectivity index (χ3n) is 8.01. The minimum atomic E-state index is -4.58. The van der Waals surface area contributed by atoms with E-state index in [0.717, 1.165) is 38.3 Å². The number of imide groups is 1. The monoisotopic (exact) mass is 518 g/mol. The standard InChI is InChI=1S/C24H17F3N2O4S2/c25-24(26,27)9-3-1-4-10(7-9)29-21(30)15-11-8-12(16(15)22(29)31)18-14(11)17(13-5-2-6-33-13)19-20(34-18)28-23(32)35-19/h1-7,11-12,14-18H,8H2,(H,28,32)/t11?,12?,14?,15?,16?,17-,18?/m1/s1. The lowest BCUT2D eigenvalue weighted by molar-refractivity contribution is -0.137. The van der Waals surface area contributed by atoms with Gasteiger partial charge in [0.1, 0.15) is 5.76 Å². The van der Waals surface area contributed by atoms with E-state index >= 15 is 0 Å². The molecule has 2 aliphatic heterocycles. The molecule has 0 spiro atoms. The van der Waals surface area contributed by atoms with Gasteiger partial charge < -0.3 is 9.40 Å². The lowest BCUT2D eigenvalue weighted by atomic mass is 9.69. The van der Waals surface area contributed by atoms with Gasteiger partial charge in [-0.25, -0.2) is 0 Å². The predicted octanol–water partition coefficient (Wildman–Crippen LogP) is 4.73. The second-order valence-corrected chi connectivity index (χ2v) is 11.7. The number of thioether (sulfide) groups is 1. The highest BCUT2D eigenvalue weighted by molar-refractivity contribution is 8.00. The normalized spacial score (nSPS) is 33.2. The number of amides is 2. The van der Waals surface area contributed by atoms with Crippen LogP contribution < -0.4 is 9.77 Å². The van der Waals surface area contributed by atoms with Gasteiger partial charge in [0.25, 0.3) is 0 Å². The summed E-state index contributed by atoms with van der Waals surface area (Å²) in [5, 5.41) is 0.769. The van der Waals surface area contributed by atoms with Gasteiger partial charge in [0.2, 0.25) is 11.8 Å². The maximum Gasteiger partial charge on any atom is 0.416 e. The lowest BCUT2D eigenvalue weighted by Crippen LogP contribution is -2.42. The summed E-state index contributed by atoms with van der Waals surface area (Å²) in [5.74, 6) is -1.76. The van der Waals surface area contributed by atoms with Crippen molar-refractivity contribution >= 4 is 40.6 Å². The number of carbonyl (C=O) groups excluding carboxylic acids is 2. The molecule has 6 nitrogen and oxygen atoms in total. The highest BCUT2D eigenvalue weighted by Gasteiger charge is 2.70. The zero-order chi connectivity index (χ0) is 24.2. The van der Waals surface area contributed by atoms with Crippen LogP contribution in [0.3, 0.4) is 0 Å². The summed E-state index contributed by atoms with van der Waals surface area (Å²) >= 11 is 2.69. The van der Waals surface area contributed by atoms with Gasteiger partial charge in [-0.15, -0.1) is 11.8 Å². The average molecular weight is 519 g/mol. The van der Waals surface area contributed by atoms with E-state index < -0.39 is 35.4 Å². The first-order valence-corrected chi connectivity index (χ1v) is 12.9. The summed E-state index contributed by atoms with van der Waals surface area (Å²) in [5.41, 5.74) is -0.934. The number of nitrogens with zero attached hydrogens (tertiary/aromatic N) is 1. The van der Waals surface area contributed by atoms with Crippen molar-refractivity contribution < 1.29 is 27.2 Å². The summed E-state index contributed by atoms with van der Waals surface area (Å²) in [6.07, 6.45) is -2.30.